The van der Waals surface area contributed by atoms with Gasteiger partial charge in [-0.05, 0) is 75.1 Å². The predicted molar refractivity (Wildman–Crippen MR) is 211 cm³/mol. The molecule has 0 unspecified atom stereocenters. The molecule has 5 heteroatoms. The van der Waals surface area contributed by atoms with Gasteiger partial charge in [0.1, 0.15) is 22.3 Å². The maximum atomic E-state index is 6.54. The molecule has 52 heavy (non-hydrogen) atoms. The van der Waals surface area contributed by atoms with Crippen molar-refractivity contribution in [1.82, 2.24) is 15.0 Å². The molecule has 0 spiro atoms. The molecule has 0 N–H and O–H groups in total. The van der Waals surface area contributed by atoms with E-state index in [0.717, 1.165) is 77.1 Å². The highest BCUT2D eigenvalue weighted by molar-refractivity contribution is 6.13. The van der Waals surface area contributed by atoms with Gasteiger partial charge >= 0.3 is 0 Å². The van der Waals surface area contributed by atoms with E-state index in [1.54, 1.807) is 0 Å². The minimum atomic E-state index is 0.592. The highest BCUT2D eigenvalue weighted by Crippen LogP contribution is 2.39. The van der Waals surface area contributed by atoms with Crippen LogP contribution in [0.5, 0.6) is 0 Å². The third-order valence-corrected chi connectivity index (χ3v) is 10.1. The average molecular weight is 666 g/mol. The van der Waals surface area contributed by atoms with Crippen LogP contribution >= 0.6 is 0 Å². The SMILES string of the molecule is c1ccc(-c2nc(-c3ccc4ccc5ccccc5c4c3)nc(-c3cccc4oc5cc(-c6ccc7c(c6)oc6ccccc67)ccc5c34)n2)cc1. The Bertz CT molecular complexity index is 3190. The third-order valence-electron chi connectivity index (χ3n) is 10.1. The van der Waals surface area contributed by atoms with Crippen molar-refractivity contribution in [2.24, 2.45) is 0 Å². The summed E-state index contributed by atoms with van der Waals surface area (Å²) in [4.78, 5) is 15.3. The summed E-state index contributed by atoms with van der Waals surface area (Å²) in [7, 11) is 0. The minimum absolute atomic E-state index is 0.592. The van der Waals surface area contributed by atoms with E-state index < -0.39 is 0 Å². The molecule has 11 rings (SSSR count). The van der Waals surface area contributed by atoms with Crippen LogP contribution in [-0.2, 0) is 0 Å². The maximum Gasteiger partial charge on any atom is 0.164 e. The zero-order chi connectivity index (χ0) is 34.2. The van der Waals surface area contributed by atoms with E-state index in [4.69, 9.17) is 23.8 Å². The van der Waals surface area contributed by atoms with Crippen molar-refractivity contribution in [2.75, 3.05) is 0 Å². The first-order valence-corrected chi connectivity index (χ1v) is 17.3. The quantitative estimate of drug-likeness (QED) is 0.175. The Morgan fingerprint density at radius 3 is 1.73 bits per heavy atom. The van der Waals surface area contributed by atoms with Gasteiger partial charge in [0.2, 0.25) is 0 Å². The molecule has 11 aromatic rings. The van der Waals surface area contributed by atoms with Crippen LogP contribution < -0.4 is 0 Å². The molecule has 0 aliphatic heterocycles. The standard InChI is InChI=1S/C47H27N3O2/c1-2-10-30(11-3-1)45-48-46(33-20-19-29-18-17-28-9-4-5-12-34(28)39(29)25-33)50-47(49-45)38-14-8-16-41-44(38)37-24-22-32(27-43(37)52-41)31-21-23-36-35-13-6-7-15-40(35)51-42(36)26-31/h1-27H. The maximum absolute atomic E-state index is 6.54. The van der Waals surface area contributed by atoms with Gasteiger partial charge in [-0.25, -0.2) is 15.0 Å². The van der Waals surface area contributed by atoms with Crippen LogP contribution in [0.25, 0.3) is 111 Å². The lowest BCUT2D eigenvalue weighted by Gasteiger charge is -2.10. The van der Waals surface area contributed by atoms with Crippen LogP contribution in [0, 0.1) is 0 Å². The van der Waals surface area contributed by atoms with Crippen molar-refractivity contribution in [1.29, 1.82) is 0 Å². The minimum Gasteiger partial charge on any atom is -0.456 e. The molecular formula is C47H27N3O2. The van der Waals surface area contributed by atoms with Crippen LogP contribution in [0.15, 0.2) is 173 Å². The van der Waals surface area contributed by atoms with Gasteiger partial charge in [-0.3, -0.25) is 0 Å². The predicted octanol–water partition coefficient (Wildman–Crippen LogP) is 12.6. The topological polar surface area (TPSA) is 65.0 Å². The van der Waals surface area contributed by atoms with E-state index in [2.05, 4.69) is 103 Å². The summed E-state index contributed by atoms with van der Waals surface area (Å²) in [5.74, 6) is 1.83. The Labute approximate surface area is 297 Å². The summed E-state index contributed by atoms with van der Waals surface area (Å²) in [5.41, 5.74) is 8.18. The van der Waals surface area contributed by atoms with Gasteiger partial charge in [0.05, 0.1) is 0 Å². The number of furan rings is 2. The Kier molecular flexibility index (Phi) is 6.18. The van der Waals surface area contributed by atoms with Crippen LogP contribution in [0.2, 0.25) is 0 Å². The molecule has 3 aromatic heterocycles. The first kappa shape index (κ1) is 28.7. The van der Waals surface area contributed by atoms with Gasteiger partial charge in [-0.2, -0.15) is 0 Å². The van der Waals surface area contributed by atoms with Gasteiger partial charge in [0.25, 0.3) is 0 Å². The van der Waals surface area contributed by atoms with E-state index in [0.29, 0.717) is 17.5 Å². The largest absolute Gasteiger partial charge is 0.456 e. The summed E-state index contributed by atoms with van der Waals surface area (Å²) in [5, 5.41) is 8.93. The van der Waals surface area contributed by atoms with Crippen molar-refractivity contribution in [3.63, 3.8) is 0 Å². The van der Waals surface area contributed by atoms with Crippen molar-refractivity contribution >= 4 is 65.4 Å². The fourth-order valence-electron chi connectivity index (χ4n) is 7.58. The Morgan fingerprint density at radius 2 is 0.885 bits per heavy atom. The van der Waals surface area contributed by atoms with E-state index in [9.17, 15) is 0 Å². The lowest BCUT2D eigenvalue weighted by atomic mass is 9.99. The van der Waals surface area contributed by atoms with Gasteiger partial charge in [0.15, 0.2) is 17.5 Å². The zero-order valence-corrected chi connectivity index (χ0v) is 27.7. The van der Waals surface area contributed by atoms with Gasteiger partial charge in [-0.15, -0.1) is 0 Å². The lowest BCUT2D eigenvalue weighted by molar-refractivity contribution is 0.668. The number of nitrogens with zero attached hydrogens (tertiary/aromatic N) is 3. The molecule has 5 nitrogen and oxygen atoms in total. The number of rotatable bonds is 4. The summed E-state index contributed by atoms with van der Waals surface area (Å²) in [6.45, 7) is 0. The van der Waals surface area contributed by atoms with Crippen LogP contribution in [0.1, 0.15) is 0 Å². The first-order chi connectivity index (χ1) is 25.7. The Morgan fingerprint density at radius 1 is 0.308 bits per heavy atom. The first-order valence-electron chi connectivity index (χ1n) is 17.3. The second kappa shape index (κ2) is 11.2. The zero-order valence-electron chi connectivity index (χ0n) is 27.7. The lowest BCUT2D eigenvalue weighted by Crippen LogP contribution is -2.00. The summed E-state index contributed by atoms with van der Waals surface area (Å²) < 4.78 is 12.7. The molecule has 0 atom stereocenters. The monoisotopic (exact) mass is 665 g/mol. The summed E-state index contributed by atoms with van der Waals surface area (Å²) in [6, 6.07) is 56.4. The second-order valence-electron chi connectivity index (χ2n) is 13.2. The van der Waals surface area contributed by atoms with Gasteiger partial charge in [-0.1, -0.05) is 121 Å². The van der Waals surface area contributed by atoms with E-state index in [1.165, 1.54) is 16.2 Å². The second-order valence-corrected chi connectivity index (χ2v) is 13.2. The summed E-state index contributed by atoms with van der Waals surface area (Å²) in [6.07, 6.45) is 0. The number of fused-ring (bicyclic) bond motifs is 9. The summed E-state index contributed by atoms with van der Waals surface area (Å²) >= 11 is 0. The van der Waals surface area contributed by atoms with E-state index in [-0.39, 0.29) is 0 Å². The van der Waals surface area contributed by atoms with Crippen molar-refractivity contribution in [3.8, 4) is 45.3 Å². The normalized spacial score (nSPS) is 11.8. The number of hydrogen-bond donors (Lipinski definition) is 0. The highest BCUT2D eigenvalue weighted by atomic mass is 16.3. The third kappa shape index (κ3) is 4.53. The van der Waals surface area contributed by atoms with Gasteiger partial charge in [0, 0.05) is 38.2 Å². The van der Waals surface area contributed by atoms with Crippen molar-refractivity contribution in [3.05, 3.63) is 164 Å². The smallest absolute Gasteiger partial charge is 0.164 e. The number of aromatic nitrogens is 3. The molecule has 0 radical (unpaired) electrons. The molecule has 242 valence electrons. The molecule has 0 bridgehead atoms. The average Bonchev–Trinajstić information content (AvgIpc) is 3.78. The molecule has 0 aliphatic rings. The number of benzene rings is 8. The molecule has 0 aliphatic carbocycles. The van der Waals surface area contributed by atoms with Crippen LogP contribution in [0.4, 0.5) is 0 Å². The molecule has 0 saturated carbocycles. The highest BCUT2D eigenvalue weighted by Gasteiger charge is 2.19. The van der Waals surface area contributed by atoms with Crippen molar-refractivity contribution in [2.45, 2.75) is 0 Å². The molecule has 8 aromatic carbocycles. The molecular weight excluding hydrogens is 639 g/mol. The van der Waals surface area contributed by atoms with E-state index in [1.807, 2.05) is 60.7 Å². The Hall–Kier alpha value is -7.11. The molecule has 0 amide bonds. The Balaban J connectivity index is 1.08. The number of para-hydroxylation sites is 1. The van der Waals surface area contributed by atoms with Crippen LogP contribution in [0.3, 0.4) is 0 Å². The van der Waals surface area contributed by atoms with Crippen molar-refractivity contribution < 1.29 is 8.83 Å². The number of hydrogen-bond acceptors (Lipinski definition) is 5. The molecule has 0 fully saturated rings. The fraction of sp³-hybridized carbons (Fsp3) is 0. The van der Waals surface area contributed by atoms with Gasteiger partial charge < -0.3 is 8.83 Å². The molecule has 0 saturated heterocycles. The molecule has 3 heterocycles. The van der Waals surface area contributed by atoms with Crippen LogP contribution in [-0.4, -0.2) is 15.0 Å². The van der Waals surface area contributed by atoms with E-state index >= 15 is 0 Å². The fourth-order valence-corrected chi connectivity index (χ4v) is 7.58.